The molecule has 0 aliphatic carbocycles. The van der Waals surface area contributed by atoms with Crippen LogP contribution < -0.4 is 0 Å². The van der Waals surface area contributed by atoms with Crippen molar-refractivity contribution in [3.8, 4) is 11.1 Å². The van der Waals surface area contributed by atoms with Crippen LogP contribution in [0.15, 0.2) is 42.5 Å². The Morgan fingerprint density at radius 2 is 1.55 bits per heavy atom. The zero-order chi connectivity index (χ0) is 14.3. The third-order valence-corrected chi connectivity index (χ3v) is 3.85. The van der Waals surface area contributed by atoms with E-state index in [2.05, 4.69) is 5.38 Å². The van der Waals surface area contributed by atoms with Gasteiger partial charge < -0.3 is 0 Å². The molecule has 1 radical (unpaired) electrons. The fraction of sp³-hybridized carbons (Fsp3) is 0.0667. The smallest absolute Gasteiger partial charge is 0.205 e. The minimum absolute atomic E-state index is 0.399. The Balaban J connectivity index is 2.02. The van der Waals surface area contributed by atoms with Crippen LogP contribution in [0.4, 0.5) is 17.6 Å². The molecule has 0 bridgehead atoms. The molecule has 0 fully saturated rings. The summed E-state index contributed by atoms with van der Waals surface area (Å²) in [4.78, 5) is 0. The molecule has 5 heteroatoms. The fourth-order valence-electron chi connectivity index (χ4n) is 1.97. The van der Waals surface area contributed by atoms with Crippen LogP contribution in [0.25, 0.3) is 21.2 Å². The molecule has 2 aromatic carbocycles. The number of halogens is 4. The Morgan fingerprint density at radius 1 is 0.900 bits per heavy atom. The van der Waals surface area contributed by atoms with E-state index >= 15 is 0 Å². The van der Waals surface area contributed by atoms with E-state index in [4.69, 9.17) is 0 Å². The van der Waals surface area contributed by atoms with Crippen LogP contribution in [0.5, 0.6) is 0 Å². The molecule has 3 rings (SSSR count). The van der Waals surface area contributed by atoms with Crippen molar-refractivity contribution >= 4 is 21.4 Å². The Labute approximate surface area is 116 Å². The molecule has 0 saturated carbocycles. The minimum atomic E-state index is -4.34. The number of alkyl halides is 3. The van der Waals surface area contributed by atoms with E-state index in [0.717, 1.165) is 33.7 Å². The van der Waals surface area contributed by atoms with Crippen molar-refractivity contribution in [2.24, 2.45) is 0 Å². The second-order valence-electron chi connectivity index (χ2n) is 4.30. The van der Waals surface area contributed by atoms with Crippen LogP contribution in [0.3, 0.4) is 0 Å². The van der Waals surface area contributed by atoms with Crippen molar-refractivity contribution in [1.29, 1.82) is 0 Å². The first-order valence-electron chi connectivity index (χ1n) is 5.72. The molecular formula is C15H7F4S. The van der Waals surface area contributed by atoms with Gasteiger partial charge in [0.25, 0.3) is 0 Å². The SMILES string of the molecule is Fc1[c]sc2cc(-c3ccc(C(F)(F)F)cc3)ccc12. The van der Waals surface area contributed by atoms with Crippen LogP contribution in [0, 0.1) is 11.2 Å². The van der Waals surface area contributed by atoms with E-state index in [1.165, 1.54) is 12.1 Å². The molecule has 0 saturated heterocycles. The van der Waals surface area contributed by atoms with Gasteiger partial charge in [-0.3, -0.25) is 0 Å². The summed E-state index contributed by atoms with van der Waals surface area (Å²) in [7, 11) is 0. The summed E-state index contributed by atoms with van der Waals surface area (Å²) in [6, 6.07) is 9.97. The highest BCUT2D eigenvalue weighted by Gasteiger charge is 2.29. The van der Waals surface area contributed by atoms with Crippen LogP contribution in [-0.2, 0) is 6.18 Å². The van der Waals surface area contributed by atoms with Gasteiger partial charge in [0.15, 0.2) is 5.82 Å². The van der Waals surface area contributed by atoms with E-state index in [1.54, 1.807) is 18.2 Å². The monoisotopic (exact) mass is 295 g/mol. The molecule has 0 N–H and O–H groups in total. The van der Waals surface area contributed by atoms with Crippen molar-refractivity contribution in [1.82, 2.24) is 0 Å². The van der Waals surface area contributed by atoms with Crippen molar-refractivity contribution in [3.63, 3.8) is 0 Å². The van der Waals surface area contributed by atoms with E-state index < -0.39 is 17.6 Å². The molecule has 101 valence electrons. The number of benzene rings is 2. The number of thiophene rings is 1. The second-order valence-corrected chi connectivity index (χ2v) is 5.15. The van der Waals surface area contributed by atoms with Crippen LogP contribution in [0.1, 0.15) is 5.56 Å². The van der Waals surface area contributed by atoms with Gasteiger partial charge >= 0.3 is 6.18 Å². The molecule has 0 atom stereocenters. The topological polar surface area (TPSA) is 0 Å². The largest absolute Gasteiger partial charge is 0.416 e. The summed E-state index contributed by atoms with van der Waals surface area (Å²) in [6.07, 6.45) is -4.34. The molecule has 0 aliphatic heterocycles. The number of hydrogen-bond donors (Lipinski definition) is 0. The first kappa shape index (κ1) is 13.1. The number of fused-ring (bicyclic) bond motifs is 1. The van der Waals surface area contributed by atoms with E-state index in [0.29, 0.717) is 10.9 Å². The molecule has 1 heterocycles. The summed E-state index contributed by atoms with van der Waals surface area (Å²) in [5, 5.41) is 2.99. The average molecular weight is 295 g/mol. The molecule has 0 amide bonds. The summed E-state index contributed by atoms with van der Waals surface area (Å²) < 4.78 is 51.5. The van der Waals surface area contributed by atoms with Crippen molar-refractivity contribution in [2.75, 3.05) is 0 Å². The average Bonchev–Trinajstić information content (AvgIpc) is 2.79. The quantitative estimate of drug-likeness (QED) is 0.518. The lowest BCUT2D eigenvalue weighted by atomic mass is 10.0. The summed E-state index contributed by atoms with van der Waals surface area (Å²) in [5.41, 5.74) is 0.730. The van der Waals surface area contributed by atoms with E-state index in [1.807, 2.05) is 0 Å². The van der Waals surface area contributed by atoms with Gasteiger partial charge in [0.2, 0.25) is 0 Å². The zero-order valence-corrected chi connectivity index (χ0v) is 10.8. The maximum atomic E-state index is 13.3. The highest BCUT2D eigenvalue weighted by Crippen LogP contribution is 2.33. The van der Waals surface area contributed by atoms with Gasteiger partial charge in [-0.2, -0.15) is 13.2 Å². The van der Waals surface area contributed by atoms with Gasteiger partial charge in [-0.05, 0) is 35.4 Å². The molecule has 1 aromatic heterocycles. The second kappa shape index (κ2) is 4.59. The predicted octanol–water partition coefficient (Wildman–Crippen LogP) is 5.53. The first-order chi connectivity index (χ1) is 9.45. The van der Waals surface area contributed by atoms with Crippen LogP contribution in [0.2, 0.25) is 0 Å². The highest BCUT2D eigenvalue weighted by molar-refractivity contribution is 7.16. The lowest BCUT2D eigenvalue weighted by molar-refractivity contribution is -0.137. The van der Waals surface area contributed by atoms with Crippen molar-refractivity contribution < 1.29 is 17.6 Å². The van der Waals surface area contributed by atoms with E-state index in [9.17, 15) is 17.6 Å². The predicted molar refractivity (Wildman–Crippen MR) is 71.1 cm³/mol. The Kier molecular flexibility index (Phi) is 3.01. The molecule has 0 nitrogen and oxygen atoms in total. The highest BCUT2D eigenvalue weighted by atomic mass is 32.1. The summed E-state index contributed by atoms with van der Waals surface area (Å²) >= 11 is 1.15. The number of hydrogen-bond acceptors (Lipinski definition) is 1. The van der Waals surface area contributed by atoms with Crippen molar-refractivity contribution in [3.05, 3.63) is 59.2 Å². The van der Waals surface area contributed by atoms with Crippen LogP contribution >= 0.6 is 11.3 Å². The molecular weight excluding hydrogens is 288 g/mol. The van der Waals surface area contributed by atoms with Gasteiger partial charge in [-0.25, -0.2) is 4.39 Å². The normalized spacial score (nSPS) is 12.0. The Bertz CT molecular complexity index is 754. The van der Waals surface area contributed by atoms with Gasteiger partial charge in [0.05, 0.1) is 10.9 Å². The van der Waals surface area contributed by atoms with E-state index in [-0.39, 0.29) is 0 Å². The lowest BCUT2D eigenvalue weighted by Crippen LogP contribution is -2.03. The maximum absolute atomic E-state index is 13.3. The third kappa shape index (κ3) is 2.29. The Hall–Kier alpha value is -1.88. The standard InChI is InChI=1S/C15H7F4S/c16-13-8-20-14-7-10(3-6-12(13)14)9-1-4-11(5-2-9)15(17,18)19/h1-7H. The molecule has 3 aromatic rings. The molecule has 0 unspecified atom stereocenters. The van der Waals surface area contributed by atoms with Gasteiger partial charge in [0, 0.05) is 10.1 Å². The van der Waals surface area contributed by atoms with Crippen molar-refractivity contribution in [2.45, 2.75) is 6.18 Å². The number of rotatable bonds is 1. The minimum Gasteiger partial charge on any atom is -0.205 e. The fourth-order valence-corrected chi connectivity index (χ4v) is 2.74. The summed E-state index contributed by atoms with van der Waals surface area (Å²) in [5.74, 6) is -0.399. The maximum Gasteiger partial charge on any atom is 0.416 e. The lowest BCUT2D eigenvalue weighted by Gasteiger charge is -2.07. The Morgan fingerprint density at radius 3 is 2.20 bits per heavy atom. The summed E-state index contributed by atoms with van der Waals surface area (Å²) in [6.45, 7) is 0. The molecule has 20 heavy (non-hydrogen) atoms. The van der Waals surface area contributed by atoms with Gasteiger partial charge in [-0.15, -0.1) is 11.3 Å². The zero-order valence-electron chi connectivity index (χ0n) is 9.96. The van der Waals surface area contributed by atoms with Crippen LogP contribution in [-0.4, -0.2) is 0 Å². The van der Waals surface area contributed by atoms with Gasteiger partial charge in [0.1, 0.15) is 0 Å². The molecule has 0 aliphatic rings. The third-order valence-electron chi connectivity index (χ3n) is 3.01. The molecule has 0 spiro atoms. The van der Waals surface area contributed by atoms with Gasteiger partial charge in [-0.1, -0.05) is 18.2 Å². The first-order valence-corrected chi connectivity index (χ1v) is 6.54.